The number of nitrogens with zero attached hydrogens (tertiary/aromatic N) is 2. The number of benzene rings is 2. The molecule has 0 aromatic heterocycles. The van der Waals surface area contributed by atoms with Gasteiger partial charge in [-0.15, -0.1) is 0 Å². The molecule has 226 valence electrons. The molecule has 0 spiro atoms. The summed E-state index contributed by atoms with van der Waals surface area (Å²) < 4.78 is 28.7. The van der Waals surface area contributed by atoms with Crippen LogP contribution < -0.4 is 18.9 Å². The highest BCUT2D eigenvalue weighted by atomic mass is 16.6. The van der Waals surface area contributed by atoms with E-state index in [1.54, 1.807) is 23.1 Å². The molecule has 3 aliphatic heterocycles. The molecule has 2 aromatic rings. The Morgan fingerprint density at radius 1 is 0.905 bits per heavy atom. The Morgan fingerprint density at radius 3 is 2.45 bits per heavy atom. The van der Waals surface area contributed by atoms with Crippen molar-refractivity contribution in [3.8, 4) is 23.0 Å². The molecule has 1 amide bonds. The molecule has 1 atom stereocenters. The van der Waals surface area contributed by atoms with Crippen LogP contribution in [0.2, 0.25) is 0 Å². The molecular weight excluding hydrogens is 540 g/mol. The number of likely N-dealkylation sites (tertiary alicyclic amines) is 1. The van der Waals surface area contributed by atoms with E-state index < -0.39 is 17.7 Å². The molecule has 2 saturated heterocycles. The normalized spacial score (nSPS) is 20.1. The van der Waals surface area contributed by atoms with Gasteiger partial charge in [-0.2, -0.15) is 0 Å². The van der Waals surface area contributed by atoms with Gasteiger partial charge < -0.3 is 33.7 Å². The van der Waals surface area contributed by atoms with Crippen molar-refractivity contribution in [2.75, 3.05) is 65.8 Å². The number of aliphatic hydroxyl groups excluding tert-OH is 1. The lowest BCUT2D eigenvalue weighted by atomic mass is 9.94. The summed E-state index contributed by atoms with van der Waals surface area (Å²) in [5.74, 6) is 0.542. The van der Waals surface area contributed by atoms with Gasteiger partial charge in [-0.25, -0.2) is 0 Å². The number of ketones is 1. The number of fused-ring (bicyclic) bond motifs is 1. The quantitative estimate of drug-likeness (QED) is 0.171. The SMILES string of the molecule is CCCCCOc1ccc([C@H]2/C(=C(\O)c3ccc4c(c3)OCCO4)C(=O)C(=O)N2CCN2CCOCC2)cc1OCC. The van der Waals surface area contributed by atoms with E-state index in [9.17, 15) is 14.7 Å². The van der Waals surface area contributed by atoms with E-state index >= 15 is 0 Å². The van der Waals surface area contributed by atoms with Gasteiger partial charge in [-0.1, -0.05) is 25.8 Å². The van der Waals surface area contributed by atoms with Crippen LogP contribution >= 0.6 is 0 Å². The maximum absolute atomic E-state index is 13.6. The number of unbranched alkanes of at least 4 members (excludes halogenated alkanes) is 2. The third kappa shape index (κ3) is 6.50. The van der Waals surface area contributed by atoms with Gasteiger partial charge >= 0.3 is 0 Å². The van der Waals surface area contributed by atoms with Gasteiger partial charge in [0, 0.05) is 31.7 Å². The first-order chi connectivity index (χ1) is 20.5. The Kier molecular flexibility index (Phi) is 9.86. The number of carbonyl (C=O) groups excluding carboxylic acids is 2. The summed E-state index contributed by atoms with van der Waals surface area (Å²) in [5, 5.41) is 11.6. The van der Waals surface area contributed by atoms with E-state index in [1.807, 2.05) is 25.1 Å². The van der Waals surface area contributed by atoms with Crippen molar-refractivity contribution in [3.63, 3.8) is 0 Å². The van der Waals surface area contributed by atoms with Crippen LogP contribution in [0.25, 0.3) is 5.76 Å². The molecule has 1 N–H and O–H groups in total. The van der Waals surface area contributed by atoms with Gasteiger partial charge in [0.1, 0.15) is 19.0 Å². The lowest BCUT2D eigenvalue weighted by Gasteiger charge is -2.31. The molecular formula is C32H40N2O8. The zero-order chi connectivity index (χ0) is 29.5. The molecule has 0 saturated carbocycles. The summed E-state index contributed by atoms with van der Waals surface area (Å²) in [5.41, 5.74) is 1.05. The topological polar surface area (TPSA) is 107 Å². The molecule has 10 nitrogen and oxygen atoms in total. The van der Waals surface area contributed by atoms with Crippen LogP contribution in [0.3, 0.4) is 0 Å². The maximum atomic E-state index is 13.6. The van der Waals surface area contributed by atoms with Crippen molar-refractivity contribution >= 4 is 17.4 Å². The fourth-order valence-electron chi connectivity index (χ4n) is 5.49. The van der Waals surface area contributed by atoms with Crippen LogP contribution in [0, 0.1) is 0 Å². The lowest BCUT2D eigenvalue weighted by Crippen LogP contribution is -2.42. The molecule has 10 heteroatoms. The lowest BCUT2D eigenvalue weighted by molar-refractivity contribution is -0.140. The first kappa shape index (κ1) is 29.7. The smallest absolute Gasteiger partial charge is 0.295 e. The number of rotatable bonds is 12. The average molecular weight is 581 g/mol. The minimum atomic E-state index is -0.812. The largest absolute Gasteiger partial charge is 0.507 e. The summed E-state index contributed by atoms with van der Waals surface area (Å²) in [6.45, 7) is 9.50. The van der Waals surface area contributed by atoms with Gasteiger partial charge in [0.2, 0.25) is 0 Å². The highest BCUT2D eigenvalue weighted by molar-refractivity contribution is 6.46. The van der Waals surface area contributed by atoms with Crippen molar-refractivity contribution in [3.05, 3.63) is 53.1 Å². The predicted octanol–water partition coefficient (Wildman–Crippen LogP) is 4.18. The predicted molar refractivity (Wildman–Crippen MR) is 156 cm³/mol. The number of hydrogen-bond donors (Lipinski definition) is 1. The molecule has 3 aliphatic rings. The standard InChI is InChI=1S/C32H40N2O8/c1-3-5-6-15-40-24-9-7-22(20-26(24)39-4-2)29-28(30(35)23-8-10-25-27(21-23)42-19-18-41-25)31(36)32(37)34(29)12-11-33-13-16-38-17-14-33/h7-10,20-21,29,35H,3-6,11-19H2,1-2H3/b30-28+/t29-/m0/s1. The second kappa shape index (κ2) is 13.9. The molecule has 5 rings (SSSR count). The van der Waals surface area contributed by atoms with Crippen LogP contribution in [0.1, 0.15) is 50.3 Å². The van der Waals surface area contributed by atoms with E-state index in [2.05, 4.69) is 11.8 Å². The summed E-state index contributed by atoms with van der Waals surface area (Å²) >= 11 is 0. The molecule has 0 unspecified atom stereocenters. The number of hydrogen-bond acceptors (Lipinski definition) is 9. The van der Waals surface area contributed by atoms with Gasteiger partial charge in [0.25, 0.3) is 11.7 Å². The molecule has 0 aliphatic carbocycles. The molecule has 0 bridgehead atoms. The molecule has 42 heavy (non-hydrogen) atoms. The van der Waals surface area contributed by atoms with Gasteiger partial charge in [0.05, 0.1) is 38.0 Å². The number of aliphatic hydroxyl groups is 1. The van der Waals surface area contributed by atoms with E-state index in [-0.39, 0.29) is 11.3 Å². The third-order valence-electron chi connectivity index (χ3n) is 7.71. The Morgan fingerprint density at radius 2 is 1.69 bits per heavy atom. The van der Waals surface area contributed by atoms with Crippen molar-refractivity contribution in [2.24, 2.45) is 0 Å². The number of morpholine rings is 1. The second-order valence-corrected chi connectivity index (χ2v) is 10.5. The summed E-state index contributed by atoms with van der Waals surface area (Å²) in [6, 6.07) is 9.67. The first-order valence-electron chi connectivity index (χ1n) is 14.9. The maximum Gasteiger partial charge on any atom is 0.295 e. The molecule has 2 fully saturated rings. The monoisotopic (exact) mass is 580 g/mol. The Balaban J connectivity index is 1.53. The first-order valence-corrected chi connectivity index (χ1v) is 14.9. The minimum absolute atomic E-state index is 0.0257. The van der Waals surface area contributed by atoms with Crippen LogP contribution in [-0.4, -0.2) is 92.4 Å². The van der Waals surface area contributed by atoms with Crippen LogP contribution in [0.4, 0.5) is 0 Å². The summed E-state index contributed by atoms with van der Waals surface area (Å²) in [6.07, 6.45) is 3.09. The average Bonchev–Trinajstić information content (AvgIpc) is 3.27. The molecule has 2 aromatic carbocycles. The molecule has 0 radical (unpaired) electrons. The Hall–Kier alpha value is -3.76. The van der Waals surface area contributed by atoms with Crippen LogP contribution in [0.5, 0.6) is 23.0 Å². The van der Waals surface area contributed by atoms with Crippen molar-refractivity contribution in [1.29, 1.82) is 0 Å². The Bertz CT molecular complexity index is 1300. The fraction of sp³-hybridized carbons (Fsp3) is 0.500. The minimum Gasteiger partial charge on any atom is -0.507 e. The zero-order valence-corrected chi connectivity index (χ0v) is 24.4. The van der Waals surface area contributed by atoms with E-state index in [4.69, 9.17) is 23.7 Å². The van der Waals surface area contributed by atoms with E-state index in [0.29, 0.717) is 86.9 Å². The zero-order valence-electron chi connectivity index (χ0n) is 24.4. The highest BCUT2D eigenvalue weighted by Crippen LogP contribution is 2.43. The van der Waals surface area contributed by atoms with Crippen molar-refractivity contribution in [2.45, 2.75) is 39.2 Å². The highest BCUT2D eigenvalue weighted by Gasteiger charge is 2.46. The van der Waals surface area contributed by atoms with E-state index in [0.717, 1.165) is 32.4 Å². The summed E-state index contributed by atoms with van der Waals surface area (Å²) in [4.78, 5) is 30.8. The number of ether oxygens (including phenoxy) is 5. The number of carbonyl (C=O) groups is 2. The fourth-order valence-corrected chi connectivity index (χ4v) is 5.49. The number of Topliss-reactive ketones (excluding diaryl/α,β-unsaturated/α-hetero) is 1. The number of amides is 1. The van der Waals surface area contributed by atoms with Crippen molar-refractivity contribution in [1.82, 2.24) is 9.80 Å². The van der Waals surface area contributed by atoms with Crippen molar-refractivity contribution < 1.29 is 38.4 Å². The second-order valence-electron chi connectivity index (χ2n) is 10.5. The van der Waals surface area contributed by atoms with Gasteiger partial charge in [0.15, 0.2) is 23.0 Å². The third-order valence-corrected chi connectivity index (χ3v) is 7.71. The Labute approximate surface area is 246 Å². The molecule has 3 heterocycles. The van der Waals surface area contributed by atoms with Crippen LogP contribution in [0.15, 0.2) is 42.0 Å². The summed E-state index contributed by atoms with van der Waals surface area (Å²) in [7, 11) is 0. The van der Waals surface area contributed by atoms with E-state index in [1.165, 1.54) is 0 Å². The van der Waals surface area contributed by atoms with Gasteiger partial charge in [-0.05, 0) is 49.2 Å². The van der Waals surface area contributed by atoms with Gasteiger partial charge in [-0.3, -0.25) is 14.5 Å². The van der Waals surface area contributed by atoms with Crippen LogP contribution in [-0.2, 0) is 14.3 Å².